The number of benzene rings is 3. The minimum Gasteiger partial charge on any atom is -0.514 e. The minimum atomic E-state index is 0. The summed E-state index contributed by atoms with van der Waals surface area (Å²) in [6.07, 6.45) is 2.62. The smallest absolute Gasteiger partial charge is 0.514 e. The summed E-state index contributed by atoms with van der Waals surface area (Å²) in [4.78, 5) is 0. The van der Waals surface area contributed by atoms with Crippen molar-refractivity contribution in [2.24, 2.45) is 0 Å². The number of aromatic nitrogens is 1. The van der Waals surface area contributed by atoms with Crippen LogP contribution in [0.1, 0.15) is 32.1 Å². The summed E-state index contributed by atoms with van der Waals surface area (Å²) in [5, 5.41) is 3.49. The summed E-state index contributed by atoms with van der Waals surface area (Å²) in [6.45, 7) is 6.78. The quantitative estimate of drug-likeness (QED) is 0.373. The Morgan fingerprint density at radius 3 is 2.17 bits per heavy atom. The molecule has 0 aliphatic heterocycles. The fourth-order valence-electron chi connectivity index (χ4n) is 2.71. The Labute approximate surface area is 221 Å². The minimum absolute atomic E-state index is 0. The topological polar surface area (TPSA) is 35.3 Å². The predicted molar refractivity (Wildman–Crippen MR) is 116 cm³/mol. The fraction of sp³-hybridized carbons (Fsp3) is 0.192. The van der Waals surface area contributed by atoms with Gasteiger partial charge in [-0.05, 0) is 27.9 Å². The average Bonchev–Trinajstić information content (AvgIpc) is 3.30. The van der Waals surface area contributed by atoms with Crippen molar-refractivity contribution in [2.45, 2.75) is 32.8 Å². The molecule has 0 bridgehead atoms. The van der Waals surface area contributed by atoms with E-state index in [1.807, 2.05) is 36.4 Å². The molecule has 4 rings (SSSR count). The summed E-state index contributed by atoms with van der Waals surface area (Å²) >= 11 is 0. The molecular formula is C26H25KNO2-. The molecule has 0 unspecified atom stereocenters. The first kappa shape index (κ1) is 24.6. The molecule has 4 heteroatoms. The van der Waals surface area contributed by atoms with Crippen LogP contribution < -0.4 is 56.1 Å². The van der Waals surface area contributed by atoms with E-state index < -0.39 is 0 Å². The van der Waals surface area contributed by atoms with E-state index in [9.17, 15) is 0 Å². The molecule has 0 amide bonds. The molecule has 0 radical (unpaired) electrons. The van der Waals surface area contributed by atoms with Crippen LogP contribution in [-0.4, -0.2) is 5.16 Å². The van der Waals surface area contributed by atoms with Gasteiger partial charge in [-0.1, -0.05) is 75.4 Å². The zero-order valence-corrected chi connectivity index (χ0v) is 21.2. The molecule has 3 aromatic carbocycles. The summed E-state index contributed by atoms with van der Waals surface area (Å²) in [6, 6.07) is 31.0. The average molecular weight is 423 g/mol. The van der Waals surface area contributed by atoms with E-state index in [1.54, 1.807) is 6.07 Å². The van der Waals surface area contributed by atoms with Crippen molar-refractivity contribution in [3.63, 3.8) is 0 Å². The summed E-state index contributed by atoms with van der Waals surface area (Å²) < 4.78 is 10.7. The molecular weight excluding hydrogens is 397 g/mol. The van der Waals surface area contributed by atoms with Crippen LogP contribution in [0, 0.1) is 12.3 Å². The molecule has 148 valence electrons. The van der Waals surface area contributed by atoms with Crippen LogP contribution in [-0.2, 0) is 12.0 Å². The zero-order valence-electron chi connectivity index (χ0n) is 18.1. The maximum atomic E-state index is 5.83. The van der Waals surface area contributed by atoms with Gasteiger partial charge in [-0.15, -0.1) is 18.3 Å². The van der Waals surface area contributed by atoms with Gasteiger partial charge in [0.1, 0.15) is 6.61 Å². The van der Waals surface area contributed by atoms with Crippen LogP contribution in [0.15, 0.2) is 89.5 Å². The molecule has 0 fully saturated rings. The number of hydrogen-bond acceptors (Lipinski definition) is 3. The van der Waals surface area contributed by atoms with Crippen molar-refractivity contribution >= 4 is 0 Å². The fourth-order valence-corrected chi connectivity index (χ4v) is 2.71. The Morgan fingerprint density at radius 1 is 0.900 bits per heavy atom. The van der Waals surface area contributed by atoms with Gasteiger partial charge in [0, 0.05) is 5.75 Å². The van der Waals surface area contributed by atoms with Crippen molar-refractivity contribution in [2.75, 3.05) is 0 Å². The van der Waals surface area contributed by atoms with Gasteiger partial charge in [0.05, 0.1) is 0 Å². The second-order valence-corrected chi connectivity index (χ2v) is 7.62. The van der Waals surface area contributed by atoms with Gasteiger partial charge in [0.2, 0.25) is 0 Å². The Bertz CT molecular complexity index is 978. The van der Waals surface area contributed by atoms with Gasteiger partial charge in [-0.2, -0.15) is 24.3 Å². The third kappa shape index (κ3) is 7.53. The number of nitrogens with zero attached hydrogens (tertiary/aromatic N) is 1. The maximum absolute atomic E-state index is 5.83. The molecule has 0 spiro atoms. The van der Waals surface area contributed by atoms with E-state index in [-0.39, 0.29) is 56.8 Å². The monoisotopic (exact) mass is 422 g/mol. The molecule has 0 saturated carbocycles. The zero-order chi connectivity index (χ0) is 20.5. The number of rotatable bonds is 4. The third-order valence-electron chi connectivity index (χ3n) is 4.32. The van der Waals surface area contributed by atoms with Crippen LogP contribution in [0.5, 0.6) is 5.75 Å². The maximum Gasteiger partial charge on any atom is 1.00 e. The van der Waals surface area contributed by atoms with E-state index in [4.69, 9.17) is 9.26 Å². The first-order chi connectivity index (χ1) is 14.0. The molecule has 0 atom stereocenters. The SMILES string of the molecule is CC(C)(C)c1c[c-]no1.[K+].[c-]1ccc(OCc2ccccc2-c2ccccc2)cc1. The summed E-state index contributed by atoms with van der Waals surface area (Å²) in [7, 11) is 0. The molecule has 0 saturated heterocycles. The van der Waals surface area contributed by atoms with Crippen LogP contribution >= 0.6 is 0 Å². The van der Waals surface area contributed by atoms with Gasteiger partial charge in [0.15, 0.2) is 0 Å². The van der Waals surface area contributed by atoms with E-state index in [2.05, 4.69) is 80.7 Å². The van der Waals surface area contributed by atoms with Crippen LogP contribution in [0.25, 0.3) is 11.1 Å². The van der Waals surface area contributed by atoms with Gasteiger partial charge in [-0.25, -0.2) is 5.16 Å². The standard InChI is InChI=1S/C19H15O.C7H10NO.K/c1-3-9-16(10-4-1)19-14-8-7-11-17(19)15-20-18-12-5-2-6-13-18;1-7(2,3)6-4-5-8-9-6;/h1,3-14H,15H2;4H,1-3H3;/q2*-1;+1. The summed E-state index contributed by atoms with van der Waals surface area (Å²) in [5.41, 5.74) is 3.68. The van der Waals surface area contributed by atoms with Crippen molar-refractivity contribution in [1.29, 1.82) is 0 Å². The third-order valence-corrected chi connectivity index (χ3v) is 4.32. The normalized spacial score (nSPS) is 10.4. The van der Waals surface area contributed by atoms with Crippen molar-refractivity contribution in [1.82, 2.24) is 5.16 Å². The first-order valence-corrected chi connectivity index (χ1v) is 9.59. The van der Waals surface area contributed by atoms with Gasteiger partial charge in [0.25, 0.3) is 0 Å². The van der Waals surface area contributed by atoms with Crippen LogP contribution in [0.2, 0.25) is 0 Å². The second-order valence-electron chi connectivity index (χ2n) is 7.62. The molecule has 3 nitrogen and oxygen atoms in total. The van der Waals surface area contributed by atoms with E-state index in [1.165, 1.54) is 16.7 Å². The van der Waals surface area contributed by atoms with Crippen molar-refractivity contribution in [3.05, 3.63) is 109 Å². The van der Waals surface area contributed by atoms with E-state index in [0.717, 1.165) is 11.5 Å². The molecule has 0 aliphatic carbocycles. The van der Waals surface area contributed by atoms with Crippen molar-refractivity contribution in [3.8, 4) is 16.9 Å². The van der Waals surface area contributed by atoms with E-state index in [0.29, 0.717) is 6.61 Å². The van der Waals surface area contributed by atoms with E-state index >= 15 is 0 Å². The Kier molecular flexibility index (Phi) is 10.0. The summed E-state index contributed by atoms with van der Waals surface area (Å²) in [5.74, 6) is 1.74. The molecule has 0 aliphatic rings. The Morgan fingerprint density at radius 2 is 1.57 bits per heavy atom. The second kappa shape index (κ2) is 12.2. The Hall–Kier alpha value is -1.69. The van der Waals surface area contributed by atoms with Gasteiger partial charge in [-0.3, -0.25) is 0 Å². The molecule has 30 heavy (non-hydrogen) atoms. The molecule has 4 aromatic rings. The van der Waals surface area contributed by atoms with Crippen molar-refractivity contribution < 1.29 is 60.6 Å². The van der Waals surface area contributed by atoms with Crippen LogP contribution in [0.4, 0.5) is 0 Å². The van der Waals surface area contributed by atoms with Crippen LogP contribution in [0.3, 0.4) is 0 Å². The largest absolute Gasteiger partial charge is 1.00 e. The van der Waals surface area contributed by atoms with Gasteiger partial charge >= 0.3 is 51.4 Å². The molecule has 0 N–H and O–H groups in total. The number of ether oxygens (including phenoxy) is 1. The molecule has 1 aromatic heterocycles. The number of hydrogen-bond donors (Lipinski definition) is 0. The van der Waals surface area contributed by atoms with Gasteiger partial charge < -0.3 is 9.26 Å². The predicted octanol–water partition coefficient (Wildman–Crippen LogP) is 3.51. The first-order valence-electron chi connectivity index (χ1n) is 9.59. The molecule has 1 heterocycles. The Balaban J connectivity index is 0.000000272.